The first-order valence-electron chi connectivity index (χ1n) is 9.07. The monoisotopic (exact) mass is 407 g/mol. The maximum absolute atomic E-state index is 12.6. The molecule has 7 heteroatoms. The van der Waals surface area contributed by atoms with Crippen molar-refractivity contribution in [1.29, 1.82) is 0 Å². The third-order valence-electron chi connectivity index (χ3n) is 4.09. The number of rotatable bonds is 11. The second-order valence-electron chi connectivity index (χ2n) is 6.04. The number of aliphatic hydroxyl groups is 1. The second-order valence-corrected chi connectivity index (χ2v) is 6.04. The second kappa shape index (κ2) is 14.1. The van der Waals surface area contributed by atoms with Gasteiger partial charge in [0.15, 0.2) is 5.41 Å². The summed E-state index contributed by atoms with van der Waals surface area (Å²) >= 11 is 0. The average molecular weight is 407 g/mol. The Morgan fingerprint density at radius 2 is 1.76 bits per heavy atom. The molecule has 1 atom stereocenters. The van der Waals surface area contributed by atoms with Crippen molar-refractivity contribution < 1.29 is 53.7 Å². The molecule has 0 heterocycles. The zero-order valence-electron chi connectivity index (χ0n) is 17.3. The standard InChI is InChI=1S/C22H26NO5.Na/c1-4-14-22(20(25)27-5-2,21(26)28-6-3)15-18(16-23)19(24)13-12-17-10-8-7-9-11-17;/h4,7-13,19,24H,1,5-6,14-15H2,2-3H3;/q-1;+1/b13-12+;. The van der Waals surface area contributed by atoms with Gasteiger partial charge in [-0.3, -0.25) is 15.5 Å². The van der Waals surface area contributed by atoms with Crippen LogP contribution in [0.2, 0.25) is 0 Å². The van der Waals surface area contributed by atoms with Crippen LogP contribution in [0.15, 0.2) is 54.6 Å². The molecule has 0 radical (unpaired) electrons. The topological polar surface area (TPSA) is 95.1 Å². The summed E-state index contributed by atoms with van der Waals surface area (Å²) in [6.45, 7) is 6.97. The minimum Gasteiger partial charge on any atom is -0.763 e. The van der Waals surface area contributed by atoms with Crippen molar-refractivity contribution in [3.05, 3.63) is 65.6 Å². The fourth-order valence-electron chi connectivity index (χ4n) is 2.67. The summed E-state index contributed by atoms with van der Waals surface area (Å²) in [4.78, 5) is 25.3. The molecule has 1 N–H and O–H groups in total. The number of carbonyl (C=O) groups is 2. The van der Waals surface area contributed by atoms with Gasteiger partial charge >= 0.3 is 41.5 Å². The molecule has 0 saturated heterocycles. The van der Waals surface area contributed by atoms with Crippen LogP contribution in [0.4, 0.5) is 0 Å². The third-order valence-corrected chi connectivity index (χ3v) is 4.09. The van der Waals surface area contributed by atoms with E-state index in [2.05, 4.69) is 6.58 Å². The first-order chi connectivity index (χ1) is 13.4. The van der Waals surface area contributed by atoms with Crippen LogP contribution in [0.25, 0.3) is 11.5 Å². The van der Waals surface area contributed by atoms with E-state index < -0.39 is 23.5 Å². The van der Waals surface area contributed by atoms with Gasteiger partial charge in [0.05, 0.1) is 19.3 Å². The van der Waals surface area contributed by atoms with E-state index in [0.717, 1.165) is 5.56 Å². The van der Waals surface area contributed by atoms with E-state index in [1.165, 1.54) is 12.2 Å². The van der Waals surface area contributed by atoms with Crippen molar-refractivity contribution in [1.82, 2.24) is 0 Å². The number of nitrogens with zero attached hydrogens (tertiary/aromatic N) is 1. The SMILES string of the molecule is C=CCC(CC(=C=[N-])C(O)/C=C/c1ccccc1)(C(=O)OCC)C(=O)OCC.[Na+]. The molecule has 1 unspecified atom stereocenters. The third kappa shape index (κ3) is 7.77. The van der Waals surface area contributed by atoms with Crippen LogP contribution in [-0.4, -0.2) is 42.2 Å². The molecular formula is C22H26NNaO5. The Morgan fingerprint density at radius 3 is 2.21 bits per heavy atom. The minimum absolute atomic E-state index is 0. The van der Waals surface area contributed by atoms with Crippen LogP contribution in [0.3, 0.4) is 0 Å². The molecule has 0 fully saturated rings. The van der Waals surface area contributed by atoms with E-state index in [1.54, 1.807) is 19.9 Å². The minimum atomic E-state index is -1.76. The quantitative estimate of drug-likeness (QED) is 0.187. The first-order valence-corrected chi connectivity index (χ1v) is 9.07. The molecule has 6 nitrogen and oxygen atoms in total. The molecule has 0 aromatic heterocycles. The molecule has 0 spiro atoms. The smallest absolute Gasteiger partial charge is 0.763 e. The largest absolute Gasteiger partial charge is 1.00 e. The summed E-state index contributed by atoms with van der Waals surface area (Å²) < 4.78 is 10.1. The van der Waals surface area contributed by atoms with Crippen LogP contribution in [0.5, 0.6) is 0 Å². The zero-order chi connectivity index (χ0) is 21.0. The number of hydrogen-bond donors (Lipinski definition) is 1. The van der Waals surface area contributed by atoms with Crippen molar-refractivity contribution in [3.63, 3.8) is 0 Å². The number of ether oxygens (including phenoxy) is 2. The predicted octanol–water partition coefficient (Wildman–Crippen LogP) is 0.309. The van der Waals surface area contributed by atoms with Gasteiger partial charge in [-0.15, -0.1) is 6.58 Å². The summed E-state index contributed by atoms with van der Waals surface area (Å²) in [5.41, 5.74) is -0.970. The van der Waals surface area contributed by atoms with E-state index in [0.29, 0.717) is 0 Å². The number of allylic oxidation sites excluding steroid dienone is 1. The summed E-state index contributed by atoms with van der Waals surface area (Å²) in [7, 11) is 0. The van der Waals surface area contributed by atoms with Crippen LogP contribution in [0, 0.1) is 5.41 Å². The molecule has 0 saturated carbocycles. The maximum Gasteiger partial charge on any atom is 1.00 e. The number of carbonyl (C=O) groups excluding carboxylic acids is 2. The molecular weight excluding hydrogens is 381 g/mol. The van der Waals surface area contributed by atoms with Crippen LogP contribution < -0.4 is 29.6 Å². The van der Waals surface area contributed by atoms with E-state index in [9.17, 15) is 20.1 Å². The molecule has 0 aliphatic heterocycles. The van der Waals surface area contributed by atoms with Gasteiger partial charge in [-0.25, -0.2) is 0 Å². The van der Waals surface area contributed by atoms with Crippen molar-refractivity contribution in [2.45, 2.75) is 32.8 Å². The molecule has 1 aromatic carbocycles. The van der Waals surface area contributed by atoms with Gasteiger partial charge in [0.2, 0.25) is 0 Å². The maximum atomic E-state index is 12.6. The van der Waals surface area contributed by atoms with Gasteiger partial charge in [-0.1, -0.05) is 48.6 Å². The summed E-state index contributed by atoms with van der Waals surface area (Å²) in [5, 5.41) is 20.0. The van der Waals surface area contributed by atoms with E-state index >= 15 is 0 Å². The summed E-state index contributed by atoms with van der Waals surface area (Å²) in [6.07, 6.45) is 2.82. The Hall–Kier alpha value is -1.95. The molecule has 0 aliphatic rings. The molecule has 150 valence electrons. The van der Waals surface area contributed by atoms with Gasteiger partial charge in [-0.05, 0) is 31.4 Å². The fraction of sp³-hybridized carbons (Fsp3) is 0.364. The Labute approximate surface area is 194 Å². The predicted molar refractivity (Wildman–Crippen MR) is 108 cm³/mol. The van der Waals surface area contributed by atoms with Gasteiger partial charge in [0.1, 0.15) is 0 Å². The first kappa shape index (κ1) is 27.0. The van der Waals surface area contributed by atoms with Crippen molar-refractivity contribution in [3.8, 4) is 0 Å². The molecule has 29 heavy (non-hydrogen) atoms. The Morgan fingerprint density at radius 1 is 1.21 bits per heavy atom. The summed E-state index contributed by atoms with van der Waals surface area (Å²) in [5.74, 6) is 0.301. The van der Waals surface area contributed by atoms with E-state index in [-0.39, 0.29) is 61.2 Å². The van der Waals surface area contributed by atoms with Gasteiger partial charge in [0.25, 0.3) is 0 Å². The average Bonchev–Trinajstić information content (AvgIpc) is 2.70. The van der Waals surface area contributed by atoms with Gasteiger partial charge in [-0.2, -0.15) is 0 Å². The van der Waals surface area contributed by atoms with Gasteiger partial charge in [0, 0.05) is 6.42 Å². The zero-order valence-corrected chi connectivity index (χ0v) is 19.3. The Bertz CT molecular complexity index is 736. The van der Waals surface area contributed by atoms with Crippen LogP contribution in [-0.2, 0) is 19.1 Å². The fourth-order valence-corrected chi connectivity index (χ4v) is 2.67. The molecule has 1 aromatic rings. The molecule has 0 aliphatic carbocycles. The number of hydrogen-bond acceptors (Lipinski definition) is 5. The van der Waals surface area contributed by atoms with Crippen LogP contribution in [0.1, 0.15) is 32.3 Å². The van der Waals surface area contributed by atoms with Crippen molar-refractivity contribution in [2.75, 3.05) is 13.2 Å². The molecule has 0 amide bonds. The normalized spacial score (nSPS) is 11.7. The van der Waals surface area contributed by atoms with E-state index in [4.69, 9.17) is 9.47 Å². The Kier molecular flexibility index (Phi) is 13.2. The number of benzene rings is 1. The Balaban J connectivity index is 0.00000784. The number of esters is 2. The van der Waals surface area contributed by atoms with Gasteiger partial charge < -0.3 is 20.0 Å². The molecule has 1 rings (SSSR count). The summed E-state index contributed by atoms with van der Waals surface area (Å²) in [6, 6.07) is 9.24. The molecule has 0 bridgehead atoms. The van der Waals surface area contributed by atoms with Crippen molar-refractivity contribution >= 4 is 23.9 Å². The van der Waals surface area contributed by atoms with E-state index in [1.807, 2.05) is 36.2 Å². The van der Waals surface area contributed by atoms with Crippen LogP contribution >= 0.6 is 0 Å². The van der Waals surface area contributed by atoms with Crippen molar-refractivity contribution in [2.24, 2.45) is 5.41 Å². The number of aliphatic hydroxyl groups excluding tert-OH is 1.